The Balaban J connectivity index is 1.35. The van der Waals surface area contributed by atoms with Crippen LogP contribution < -0.4 is 5.32 Å². The highest BCUT2D eigenvalue weighted by molar-refractivity contribution is 9.10. The number of hydrogen-bond acceptors (Lipinski definition) is 5. The molecule has 1 aromatic carbocycles. The van der Waals surface area contributed by atoms with E-state index in [1.165, 1.54) is 0 Å². The Hall–Kier alpha value is -3.23. The zero-order chi connectivity index (χ0) is 24.2. The van der Waals surface area contributed by atoms with Gasteiger partial charge in [0.25, 0.3) is 0 Å². The Morgan fingerprint density at radius 3 is 2.97 bits per heavy atom. The number of rotatable bonds is 6. The van der Waals surface area contributed by atoms with E-state index in [2.05, 4.69) is 31.3 Å². The van der Waals surface area contributed by atoms with Crippen molar-refractivity contribution in [1.82, 2.24) is 24.5 Å². The van der Waals surface area contributed by atoms with Gasteiger partial charge in [-0.15, -0.1) is 0 Å². The molecule has 1 N–H and O–H groups in total. The van der Waals surface area contributed by atoms with E-state index in [-0.39, 0.29) is 11.8 Å². The van der Waals surface area contributed by atoms with E-state index in [4.69, 9.17) is 16.6 Å². The standard InChI is InChI=1S/C26H24BrClN6O/c27-22-16-31-34-24(30-15-19-5-2-10-29-14-19)13-23(32-26(22)34)20-6-3-11-33(17-20)25(35)9-8-18-4-1-7-21(28)12-18/h1-2,4-5,7-10,12-14,16,20,30H,3,6,11,15,17H2/b9-8+. The number of carbonyl (C=O) groups is 1. The Kier molecular flexibility index (Phi) is 7.11. The molecule has 1 atom stereocenters. The summed E-state index contributed by atoms with van der Waals surface area (Å²) in [6, 6.07) is 13.5. The fourth-order valence-corrected chi connectivity index (χ4v) is 4.83. The number of amides is 1. The van der Waals surface area contributed by atoms with Crippen molar-refractivity contribution in [3.05, 3.63) is 93.4 Å². The van der Waals surface area contributed by atoms with Crippen LogP contribution >= 0.6 is 27.5 Å². The number of nitrogens with zero attached hydrogens (tertiary/aromatic N) is 5. The molecular weight excluding hydrogens is 528 g/mol. The van der Waals surface area contributed by atoms with E-state index in [9.17, 15) is 4.79 Å². The molecule has 4 aromatic rings. The Labute approximate surface area is 217 Å². The van der Waals surface area contributed by atoms with Gasteiger partial charge in [0.2, 0.25) is 5.91 Å². The molecular formula is C26H24BrClN6O. The minimum Gasteiger partial charge on any atom is -0.366 e. The fraction of sp³-hybridized carbons (Fsp3) is 0.231. The normalized spacial score (nSPS) is 16.2. The molecule has 1 aliphatic heterocycles. The van der Waals surface area contributed by atoms with E-state index >= 15 is 0 Å². The first kappa shape index (κ1) is 23.5. The van der Waals surface area contributed by atoms with Crippen LogP contribution in [0.5, 0.6) is 0 Å². The van der Waals surface area contributed by atoms with Crippen molar-refractivity contribution < 1.29 is 4.79 Å². The summed E-state index contributed by atoms with van der Waals surface area (Å²) in [6.07, 6.45) is 10.7. The third kappa shape index (κ3) is 5.55. The van der Waals surface area contributed by atoms with Gasteiger partial charge >= 0.3 is 0 Å². The fourth-order valence-electron chi connectivity index (χ4n) is 4.29. The smallest absolute Gasteiger partial charge is 0.246 e. The van der Waals surface area contributed by atoms with Gasteiger partial charge in [-0.2, -0.15) is 9.61 Å². The van der Waals surface area contributed by atoms with Gasteiger partial charge in [-0.3, -0.25) is 9.78 Å². The van der Waals surface area contributed by atoms with Crippen LogP contribution in [0.3, 0.4) is 0 Å². The molecule has 0 bridgehead atoms. The number of halogens is 2. The molecule has 178 valence electrons. The lowest BCUT2D eigenvalue weighted by atomic mass is 9.94. The van der Waals surface area contributed by atoms with Crippen LogP contribution in [0, 0.1) is 0 Å². The second-order valence-corrected chi connectivity index (χ2v) is 9.81. The van der Waals surface area contributed by atoms with Gasteiger partial charge < -0.3 is 10.2 Å². The molecule has 5 rings (SSSR count). The van der Waals surface area contributed by atoms with E-state index in [0.29, 0.717) is 18.1 Å². The summed E-state index contributed by atoms with van der Waals surface area (Å²) in [5.41, 5.74) is 3.68. The monoisotopic (exact) mass is 550 g/mol. The average molecular weight is 552 g/mol. The lowest BCUT2D eigenvalue weighted by molar-refractivity contribution is -0.127. The average Bonchev–Trinajstić information content (AvgIpc) is 3.27. The lowest BCUT2D eigenvalue weighted by Crippen LogP contribution is -2.38. The molecule has 9 heteroatoms. The zero-order valence-electron chi connectivity index (χ0n) is 18.9. The van der Waals surface area contributed by atoms with Gasteiger partial charge in [0.1, 0.15) is 5.82 Å². The van der Waals surface area contributed by atoms with Crippen molar-refractivity contribution in [2.45, 2.75) is 25.3 Å². The molecule has 1 amide bonds. The van der Waals surface area contributed by atoms with E-state index in [1.54, 1.807) is 23.0 Å². The largest absolute Gasteiger partial charge is 0.366 e. The summed E-state index contributed by atoms with van der Waals surface area (Å²) in [4.78, 5) is 23.9. The predicted octanol–water partition coefficient (Wildman–Crippen LogP) is 5.57. The van der Waals surface area contributed by atoms with Crippen molar-refractivity contribution in [3.63, 3.8) is 0 Å². The maximum atomic E-state index is 12.9. The molecule has 0 saturated carbocycles. The van der Waals surface area contributed by atoms with Gasteiger partial charge in [-0.05, 0) is 64.2 Å². The van der Waals surface area contributed by atoms with Crippen LogP contribution in [-0.4, -0.2) is 43.5 Å². The van der Waals surface area contributed by atoms with E-state index in [0.717, 1.165) is 52.1 Å². The number of benzene rings is 1. The quantitative estimate of drug-likeness (QED) is 0.317. The molecule has 1 fully saturated rings. The number of carbonyl (C=O) groups excluding carboxylic acids is 1. The summed E-state index contributed by atoms with van der Waals surface area (Å²) in [7, 11) is 0. The molecule has 0 spiro atoms. The third-order valence-corrected chi connectivity index (χ3v) is 6.86. The van der Waals surface area contributed by atoms with Gasteiger partial charge in [0.15, 0.2) is 5.65 Å². The van der Waals surface area contributed by atoms with Gasteiger partial charge in [0.05, 0.1) is 16.4 Å². The van der Waals surface area contributed by atoms with Crippen molar-refractivity contribution >= 4 is 51.0 Å². The topological polar surface area (TPSA) is 75.4 Å². The van der Waals surface area contributed by atoms with Crippen LogP contribution in [0.15, 0.2) is 71.6 Å². The molecule has 35 heavy (non-hydrogen) atoms. The molecule has 3 aromatic heterocycles. The molecule has 4 heterocycles. The first-order valence-corrected chi connectivity index (χ1v) is 12.6. The molecule has 1 saturated heterocycles. The minimum atomic E-state index is -0.00351. The third-order valence-electron chi connectivity index (χ3n) is 6.06. The number of piperidine rings is 1. The van der Waals surface area contributed by atoms with Gasteiger partial charge in [-0.25, -0.2) is 4.98 Å². The van der Waals surface area contributed by atoms with Crippen LogP contribution in [0.4, 0.5) is 5.82 Å². The Morgan fingerprint density at radius 1 is 1.23 bits per heavy atom. The summed E-state index contributed by atoms with van der Waals surface area (Å²) in [5, 5.41) is 8.59. The molecule has 1 unspecified atom stereocenters. The highest BCUT2D eigenvalue weighted by Gasteiger charge is 2.26. The number of hydrogen-bond donors (Lipinski definition) is 1. The van der Waals surface area contributed by atoms with Crippen LogP contribution in [-0.2, 0) is 11.3 Å². The second-order valence-electron chi connectivity index (χ2n) is 8.52. The zero-order valence-corrected chi connectivity index (χ0v) is 21.3. The highest BCUT2D eigenvalue weighted by Crippen LogP contribution is 2.30. The first-order chi connectivity index (χ1) is 17.1. The maximum absolute atomic E-state index is 12.9. The van der Waals surface area contributed by atoms with Gasteiger partial charge in [0, 0.05) is 55.1 Å². The summed E-state index contributed by atoms with van der Waals surface area (Å²) >= 11 is 9.63. The number of fused-ring (bicyclic) bond motifs is 1. The number of anilines is 1. The second kappa shape index (κ2) is 10.6. The highest BCUT2D eigenvalue weighted by atomic mass is 79.9. The summed E-state index contributed by atoms with van der Waals surface area (Å²) < 4.78 is 2.63. The Bertz CT molecular complexity index is 1370. The van der Waals surface area contributed by atoms with Crippen LogP contribution in [0.1, 0.15) is 35.6 Å². The SMILES string of the molecule is O=C(/C=C/c1cccc(Cl)c1)N1CCCC(c2cc(NCc3cccnc3)n3ncc(Br)c3n2)C1. The van der Waals surface area contributed by atoms with E-state index in [1.807, 2.05) is 59.6 Å². The Morgan fingerprint density at radius 2 is 2.14 bits per heavy atom. The predicted molar refractivity (Wildman–Crippen MR) is 141 cm³/mol. The maximum Gasteiger partial charge on any atom is 0.246 e. The number of aromatic nitrogens is 4. The lowest BCUT2D eigenvalue weighted by Gasteiger charge is -2.32. The molecule has 7 nitrogen and oxygen atoms in total. The van der Waals surface area contributed by atoms with Crippen molar-refractivity contribution in [3.8, 4) is 0 Å². The van der Waals surface area contributed by atoms with Crippen molar-refractivity contribution in [1.29, 1.82) is 0 Å². The summed E-state index contributed by atoms with van der Waals surface area (Å²) in [5.74, 6) is 0.984. The van der Waals surface area contributed by atoms with Crippen molar-refractivity contribution in [2.75, 3.05) is 18.4 Å². The van der Waals surface area contributed by atoms with Crippen LogP contribution in [0.25, 0.3) is 11.7 Å². The molecule has 0 aliphatic carbocycles. The van der Waals surface area contributed by atoms with Gasteiger partial charge in [-0.1, -0.05) is 29.8 Å². The number of nitrogens with one attached hydrogen (secondary N) is 1. The van der Waals surface area contributed by atoms with Crippen molar-refractivity contribution in [2.24, 2.45) is 0 Å². The molecule has 0 radical (unpaired) electrons. The van der Waals surface area contributed by atoms with Crippen LogP contribution in [0.2, 0.25) is 5.02 Å². The number of pyridine rings is 1. The number of likely N-dealkylation sites (tertiary alicyclic amines) is 1. The van der Waals surface area contributed by atoms with E-state index < -0.39 is 0 Å². The molecule has 1 aliphatic rings. The minimum absolute atomic E-state index is 0.00351. The first-order valence-electron chi connectivity index (χ1n) is 11.5. The summed E-state index contributed by atoms with van der Waals surface area (Å²) in [6.45, 7) is 1.98.